The fourth-order valence-electron chi connectivity index (χ4n) is 3.55. The van der Waals surface area contributed by atoms with Crippen molar-refractivity contribution in [3.63, 3.8) is 0 Å². The van der Waals surface area contributed by atoms with Crippen molar-refractivity contribution in [1.82, 2.24) is 0 Å². The van der Waals surface area contributed by atoms with Gasteiger partial charge in [-0.3, -0.25) is 0 Å². The number of aliphatic hydroxyl groups is 1. The molecule has 108 valence electrons. The third-order valence-electron chi connectivity index (χ3n) is 5.11. The number of hydrogen-bond donors (Lipinski definition) is 1. The van der Waals surface area contributed by atoms with E-state index in [2.05, 4.69) is 27.7 Å². The highest BCUT2D eigenvalue weighted by molar-refractivity contribution is 4.82. The van der Waals surface area contributed by atoms with Crippen molar-refractivity contribution < 1.29 is 5.11 Å². The van der Waals surface area contributed by atoms with Gasteiger partial charge < -0.3 is 5.11 Å². The van der Waals surface area contributed by atoms with Crippen molar-refractivity contribution in [2.24, 2.45) is 23.7 Å². The van der Waals surface area contributed by atoms with E-state index in [0.717, 1.165) is 24.2 Å². The van der Waals surface area contributed by atoms with E-state index in [1.54, 1.807) is 0 Å². The van der Waals surface area contributed by atoms with Crippen molar-refractivity contribution in [2.75, 3.05) is 0 Å². The normalized spacial score (nSPS) is 30.7. The van der Waals surface area contributed by atoms with Crippen LogP contribution in [0.25, 0.3) is 0 Å². The summed E-state index contributed by atoms with van der Waals surface area (Å²) in [7, 11) is 0. The van der Waals surface area contributed by atoms with Crippen LogP contribution in [0.1, 0.15) is 79.1 Å². The quantitative estimate of drug-likeness (QED) is 0.676. The van der Waals surface area contributed by atoms with E-state index >= 15 is 0 Å². The van der Waals surface area contributed by atoms with E-state index in [1.807, 2.05) is 0 Å². The summed E-state index contributed by atoms with van der Waals surface area (Å²) >= 11 is 0. The zero-order valence-corrected chi connectivity index (χ0v) is 13.0. The first-order valence-corrected chi connectivity index (χ1v) is 8.26. The third kappa shape index (κ3) is 4.91. The van der Waals surface area contributed by atoms with Crippen LogP contribution < -0.4 is 0 Å². The maximum Gasteiger partial charge on any atom is 0.0568 e. The number of unbranched alkanes of at least 4 members (excludes halogenated alkanes) is 1. The van der Waals surface area contributed by atoms with Crippen LogP contribution in [0.4, 0.5) is 0 Å². The number of rotatable bonds is 7. The molecule has 4 atom stereocenters. The molecule has 1 rings (SSSR count). The molecule has 0 spiro atoms. The molecule has 18 heavy (non-hydrogen) atoms. The Hall–Kier alpha value is -0.0400. The Bertz CT molecular complexity index is 212. The van der Waals surface area contributed by atoms with Crippen molar-refractivity contribution in [3.8, 4) is 0 Å². The van der Waals surface area contributed by atoms with Gasteiger partial charge in [-0.15, -0.1) is 0 Å². The van der Waals surface area contributed by atoms with E-state index < -0.39 is 0 Å². The van der Waals surface area contributed by atoms with Crippen LogP contribution in [0, 0.1) is 23.7 Å². The molecule has 0 aromatic rings. The second-order valence-electron chi connectivity index (χ2n) is 6.80. The molecule has 0 aliphatic heterocycles. The molecular weight excluding hydrogens is 220 g/mol. The SMILES string of the molecule is CCCCC(CC)CC1CC(C(C)C)CCC1O. The summed E-state index contributed by atoms with van der Waals surface area (Å²) in [5, 5.41) is 10.2. The maximum absolute atomic E-state index is 10.2. The minimum atomic E-state index is -0.0179. The van der Waals surface area contributed by atoms with Crippen LogP contribution in [0.15, 0.2) is 0 Å². The van der Waals surface area contributed by atoms with Gasteiger partial charge in [0.25, 0.3) is 0 Å². The van der Waals surface area contributed by atoms with E-state index in [-0.39, 0.29) is 6.10 Å². The molecule has 1 aliphatic carbocycles. The molecule has 1 aliphatic rings. The number of hydrogen-bond acceptors (Lipinski definition) is 1. The van der Waals surface area contributed by atoms with Crippen LogP contribution in [0.3, 0.4) is 0 Å². The maximum atomic E-state index is 10.2. The molecule has 1 saturated carbocycles. The molecule has 1 fully saturated rings. The largest absolute Gasteiger partial charge is 0.393 e. The Kier molecular flexibility index (Phi) is 7.29. The predicted molar refractivity (Wildman–Crippen MR) is 79.6 cm³/mol. The highest BCUT2D eigenvalue weighted by Crippen LogP contribution is 2.38. The van der Waals surface area contributed by atoms with Crippen molar-refractivity contribution in [1.29, 1.82) is 0 Å². The monoisotopic (exact) mass is 254 g/mol. The molecule has 1 heteroatoms. The lowest BCUT2D eigenvalue weighted by atomic mass is 9.71. The second kappa shape index (κ2) is 8.19. The highest BCUT2D eigenvalue weighted by Gasteiger charge is 2.31. The Labute approximate surface area is 114 Å². The van der Waals surface area contributed by atoms with E-state index in [4.69, 9.17) is 0 Å². The molecule has 4 unspecified atom stereocenters. The molecule has 1 N–H and O–H groups in total. The van der Waals surface area contributed by atoms with Crippen LogP contribution in [-0.4, -0.2) is 11.2 Å². The van der Waals surface area contributed by atoms with E-state index in [0.29, 0.717) is 5.92 Å². The lowest BCUT2D eigenvalue weighted by molar-refractivity contribution is 0.0244. The van der Waals surface area contributed by atoms with Gasteiger partial charge in [-0.2, -0.15) is 0 Å². The molecule has 1 nitrogen and oxygen atoms in total. The average Bonchev–Trinajstić information content (AvgIpc) is 2.36. The smallest absolute Gasteiger partial charge is 0.0568 e. The van der Waals surface area contributed by atoms with Gasteiger partial charge in [0.15, 0.2) is 0 Å². The van der Waals surface area contributed by atoms with Crippen LogP contribution >= 0.6 is 0 Å². The molecule has 0 radical (unpaired) electrons. The first kappa shape index (κ1) is 16.0. The third-order valence-corrected chi connectivity index (χ3v) is 5.11. The van der Waals surface area contributed by atoms with Gasteiger partial charge in [-0.05, 0) is 49.4 Å². The van der Waals surface area contributed by atoms with Crippen molar-refractivity contribution >= 4 is 0 Å². The molecule has 0 bridgehead atoms. The first-order valence-electron chi connectivity index (χ1n) is 8.26. The summed E-state index contributed by atoms with van der Waals surface area (Å²) in [6.07, 6.45) is 10.1. The van der Waals surface area contributed by atoms with Gasteiger partial charge in [0, 0.05) is 0 Å². The minimum Gasteiger partial charge on any atom is -0.393 e. The Morgan fingerprint density at radius 2 is 1.89 bits per heavy atom. The summed E-state index contributed by atoms with van der Waals surface area (Å²) in [4.78, 5) is 0. The summed E-state index contributed by atoms with van der Waals surface area (Å²) in [6, 6.07) is 0. The van der Waals surface area contributed by atoms with Crippen molar-refractivity contribution in [2.45, 2.75) is 85.2 Å². The van der Waals surface area contributed by atoms with Gasteiger partial charge >= 0.3 is 0 Å². The van der Waals surface area contributed by atoms with Gasteiger partial charge in [-0.1, -0.05) is 53.4 Å². The highest BCUT2D eigenvalue weighted by atomic mass is 16.3. The summed E-state index contributed by atoms with van der Waals surface area (Å²) in [5.41, 5.74) is 0. The summed E-state index contributed by atoms with van der Waals surface area (Å²) < 4.78 is 0. The molecule has 0 amide bonds. The van der Waals surface area contributed by atoms with Gasteiger partial charge in [0.1, 0.15) is 0 Å². The Morgan fingerprint density at radius 3 is 2.44 bits per heavy atom. The molecule has 0 aromatic carbocycles. The molecule has 0 heterocycles. The van der Waals surface area contributed by atoms with E-state index in [9.17, 15) is 5.11 Å². The lowest BCUT2D eigenvalue weighted by Gasteiger charge is -2.37. The van der Waals surface area contributed by atoms with Crippen LogP contribution in [0.2, 0.25) is 0 Å². The standard InChI is InChI=1S/C17H34O/c1-5-7-8-14(6-2)11-16-12-15(13(3)4)9-10-17(16)18/h13-18H,5-12H2,1-4H3. The first-order chi connectivity index (χ1) is 8.58. The predicted octanol–water partition coefficient (Wildman–Crippen LogP) is 5.03. The fraction of sp³-hybridized carbons (Fsp3) is 1.00. The second-order valence-corrected chi connectivity index (χ2v) is 6.80. The molecular formula is C17H34O. The average molecular weight is 254 g/mol. The summed E-state index contributed by atoms with van der Waals surface area (Å²) in [5.74, 6) is 3.06. The lowest BCUT2D eigenvalue weighted by Crippen LogP contribution is -2.32. The fourth-order valence-corrected chi connectivity index (χ4v) is 3.55. The topological polar surface area (TPSA) is 20.2 Å². The molecule has 0 saturated heterocycles. The number of aliphatic hydroxyl groups excluding tert-OH is 1. The Balaban J connectivity index is 2.46. The zero-order chi connectivity index (χ0) is 13.5. The van der Waals surface area contributed by atoms with Crippen molar-refractivity contribution in [3.05, 3.63) is 0 Å². The van der Waals surface area contributed by atoms with Gasteiger partial charge in [0.2, 0.25) is 0 Å². The summed E-state index contributed by atoms with van der Waals surface area (Å²) in [6.45, 7) is 9.27. The van der Waals surface area contributed by atoms with Crippen LogP contribution in [0.5, 0.6) is 0 Å². The zero-order valence-electron chi connectivity index (χ0n) is 13.0. The molecule has 0 aromatic heterocycles. The van der Waals surface area contributed by atoms with Gasteiger partial charge in [-0.25, -0.2) is 0 Å². The minimum absolute atomic E-state index is 0.0179. The Morgan fingerprint density at radius 1 is 1.17 bits per heavy atom. The van der Waals surface area contributed by atoms with E-state index in [1.165, 1.54) is 44.9 Å². The van der Waals surface area contributed by atoms with Crippen LogP contribution in [-0.2, 0) is 0 Å². The van der Waals surface area contributed by atoms with Gasteiger partial charge in [0.05, 0.1) is 6.10 Å².